The maximum absolute atomic E-state index is 13.0. The zero-order chi connectivity index (χ0) is 20.7. The van der Waals surface area contributed by atoms with Crippen LogP contribution < -0.4 is 5.73 Å². The second-order valence-corrected chi connectivity index (χ2v) is 9.48. The average molecular weight is 473 g/mol. The predicted octanol–water partition coefficient (Wildman–Crippen LogP) is 6.26. The predicted molar refractivity (Wildman–Crippen MR) is 127 cm³/mol. The number of primary amides is 1. The number of rotatable bonds is 9. The third-order valence-electron chi connectivity index (χ3n) is 5.60. The lowest BCUT2D eigenvalue weighted by molar-refractivity contribution is -0.122. The van der Waals surface area contributed by atoms with Gasteiger partial charge >= 0.3 is 0 Å². The Morgan fingerprint density at radius 3 is 2.83 bits per heavy atom. The van der Waals surface area contributed by atoms with Crippen molar-refractivity contribution in [2.45, 2.75) is 61.5 Å². The lowest BCUT2D eigenvalue weighted by Crippen LogP contribution is -2.43. The van der Waals surface area contributed by atoms with E-state index >= 15 is 0 Å². The first kappa shape index (κ1) is 22.1. The number of thioether (sulfide) groups is 1. The van der Waals surface area contributed by atoms with Crippen molar-refractivity contribution in [1.29, 1.82) is 0 Å². The highest BCUT2D eigenvalue weighted by Gasteiger charge is 2.44. The molecule has 3 rings (SSSR count). The number of fused-ring (bicyclic) bond motifs is 2. The maximum atomic E-state index is 13.0. The molecule has 1 aliphatic heterocycles. The van der Waals surface area contributed by atoms with Crippen molar-refractivity contribution in [1.82, 2.24) is 0 Å². The van der Waals surface area contributed by atoms with Crippen molar-refractivity contribution in [3.05, 3.63) is 63.6 Å². The molecule has 1 atom stereocenters. The van der Waals surface area contributed by atoms with Crippen LogP contribution in [-0.2, 0) is 16.0 Å². The van der Waals surface area contributed by atoms with Crippen LogP contribution >= 0.6 is 27.7 Å². The minimum atomic E-state index is -0.829. The van der Waals surface area contributed by atoms with E-state index in [1.54, 1.807) is 11.8 Å². The smallest absolute Gasteiger partial charge is 0.232 e. The first-order valence-corrected chi connectivity index (χ1v) is 12.2. The Kier molecular flexibility index (Phi) is 7.96. The first-order chi connectivity index (χ1) is 14.1. The summed E-state index contributed by atoms with van der Waals surface area (Å²) in [6.45, 7) is 3.07. The van der Waals surface area contributed by atoms with Crippen molar-refractivity contribution >= 4 is 39.8 Å². The lowest BCUT2D eigenvalue weighted by Gasteiger charge is -2.33. The zero-order valence-corrected chi connectivity index (χ0v) is 19.4. The van der Waals surface area contributed by atoms with E-state index in [4.69, 9.17) is 5.73 Å². The maximum Gasteiger partial charge on any atom is 0.232 e. The Bertz CT molecular complexity index is 883. The van der Waals surface area contributed by atoms with Gasteiger partial charge in [-0.05, 0) is 60.4 Å². The molecule has 0 saturated carbocycles. The van der Waals surface area contributed by atoms with Crippen LogP contribution in [0, 0.1) is 0 Å². The van der Waals surface area contributed by atoms with Gasteiger partial charge in [0.05, 0.1) is 0 Å². The molecule has 5 heteroatoms. The summed E-state index contributed by atoms with van der Waals surface area (Å²) in [5.74, 6) is 0.541. The van der Waals surface area contributed by atoms with Crippen LogP contribution in [0.25, 0.3) is 0 Å². The fraction of sp³-hybridized carbons (Fsp3) is 0.417. The molecule has 0 spiro atoms. The highest BCUT2D eigenvalue weighted by molar-refractivity contribution is 9.10. The van der Waals surface area contributed by atoms with Crippen LogP contribution in [0.15, 0.2) is 56.8 Å². The largest absolute Gasteiger partial charge is 0.369 e. The molecular weight excluding hydrogens is 444 g/mol. The van der Waals surface area contributed by atoms with Gasteiger partial charge in [0.15, 0.2) is 0 Å². The second-order valence-electron chi connectivity index (χ2n) is 7.54. The van der Waals surface area contributed by atoms with Crippen LogP contribution in [0.1, 0.15) is 62.1 Å². The van der Waals surface area contributed by atoms with Crippen LogP contribution in [0.4, 0.5) is 0 Å². The molecule has 0 radical (unpaired) electrons. The molecule has 0 fully saturated rings. The molecule has 1 heterocycles. The van der Waals surface area contributed by atoms with Gasteiger partial charge in [0.25, 0.3) is 0 Å². The number of hydrogen-bond donors (Lipinski definition) is 1. The summed E-state index contributed by atoms with van der Waals surface area (Å²) >= 11 is 5.35. The van der Waals surface area contributed by atoms with E-state index in [1.165, 1.54) is 19.3 Å². The fourth-order valence-corrected chi connectivity index (χ4v) is 5.63. The highest BCUT2D eigenvalue weighted by atomic mass is 79.9. The number of halogens is 1. The van der Waals surface area contributed by atoms with E-state index in [1.807, 2.05) is 24.4 Å². The Morgan fingerprint density at radius 2 is 2.03 bits per heavy atom. The van der Waals surface area contributed by atoms with Gasteiger partial charge in [0.2, 0.25) is 5.91 Å². The second kappa shape index (κ2) is 10.4. The highest BCUT2D eigenvalue weighted by Crippen LogP contribution is 2.47. The molecule has 154 valence electrons. The molecule has 1 unspecified atom stereocenters. The van der Waals surface area contributed by atoms with Gasteiger partial charge in [0.1, 0.15) is 5.41 Å². The van der Waals surface area contributed by atoms with E-state index in [0.717, 1.165) is 51.2 Å². The molecule has 1 amide bonds. The van der Waals surface area contributed by atoms with Crippen LogP contribution in [0.2, 0.25) is 0 Å². The van der Waals surface area contributed by atoms with E-state index in [0.29, 0.717) is 6.42 Å². The number of nitrogens with two attached hydrogens (primary N) is 1. The van der Waals surface area contributed by atoms with Gasteiger partial charge in [-0.1, -0.05) is 66.4 Å². The molecule has 0 saturated heterocycles. The molecule has 2 N–H and O–H groups in total. The third-order valence-corrected chi connectivity index (χ3v) is 7.21. The molecule has 1 aliphatic rings. The summed E-state index contributed by atoms with van der Waals surface area (Å²) in [7, 11) is 0. The Labute approximate surface area is 186 Å². The topological polar surface area (TPSA) is 55.4 Å². The lowest BCUT2D eigenvalue weighted by atomic mass is 9.69. The van der Waals surface area contributed by atoms with Gasteiger partial charge in [0, 0.05) is 21.7 Å². The molecule has 0 bridgehead atoms. The summed E-state index contributed by atoms with van der Waals surface area (Å²) in [5.41, 5.74) is 8.52. The van der Waals surface area contributed by atoms with Gasteiger partial charge < -0.3 is 5.73 Å². The van der Waals surface area contributed by atoms with Crippen LogP contribution in [0.5, 0.6) is 0 Å². The van der Waals surface area contributed by atoms with E-state index in [9.17, 15) is 4.79 Å². The minimum absolute atomic E-state index is 0.285. The van der Waals surface area contributed by atoms with Gasteiger partial charge in [-0.2, -0.15) is 0 Å². The summed E-state index contributed by atoms with van der Waals surface area (Å²) in [5, 5.41) is 0. The Balaban J connectivity index is 1.92. The Hall–Kier alpha value is -1.59. The summed E-state index contributed by atoms with van der Waals surface area (Å²) in [4.78, 5) is 18.7. The fourth-order valence-electron chi connectivity index (χ4n) is 4.10. The molecule has 3 nitrogen and oxygen atoms in total. The molecule has 0 aromatic heterocycles. The quantitative estimate of drug-likeness (QED) is 0.345. The average Bonchev–Trinajstić information content (AvgIpc) is 2.85. The number of benzene rings is 2. The van der Waals surface area contributed by atoms with Gasteiger partial charge in [-0.25, -0.2) is 0 Å². The summed E-state index contributed by atoms with van der Waals surface area (Å²) in [6, 6.07) is 14.4. The van der Waals surface area contributed by atoms with E-state index < -0.39 is 5.41 Å². The molecular formula is C24H29BrN2OS. The number of hydrogen-bond acceptors (Lipinski definition) is 3. The minimum Gasteiger partial charge on any atom is -0.369 e. The van der Waals surface area contributed by atoms with Crippen molar-refractivity contribution in [2.75, 3.05) is 6.54 Å². The van der Waals surface area contributed by atoms with Crippen LogP contribution in [-0.4, -0.2) is 18.7 Å². The van der Waals surface area contributed by atoms with Gasteiger partial charge in [-0.3, -0.25) is 9.79 Å². The third kappa shape index (κ3) is 4.95. The number of amides is 1. The monoisotopic (exact) mass is 472 g/mol. The summed E-state index contributed by atoms with van der Waals surface area (Å²) in [6.07, 6.45) is 8.19. The number of carbonyl (C=O) groups excluding carboxylic acids is 1. The number of aliphatic imine (C=N–C) groups is 1. The molecule has 2 aromatic carbocycles. The van der Waals surface area contributed by atoms with Crippen molar-refractivity contribution < 1.29 is 4.79 Å². The first-order valence-electron chi connectivity index (χ1n) is 10.4. The van der Waals surface area contributed by atoms with Gasteiger partial charge in [-0.15, -0.1) is 11.8 Å². The van der Waals surface area contributed by atoms with E-state index in [2.05, 4.69) is 52.1 Å². The number of nitrogens with zero attached hydrogens (tertiary/aromatic N) is 1. The molecule has 0 aliphatic carbocycles. The Morgan fingerprint density at radius 1 is 1.21 bits per heavy atom. The van der Waals surface area contributed by atoms with Crippen molar-refractivity contribution in [2.24, 2.45) is 10.7 Å². The zero-order valence-electron chi connectivity index (χ0n) is 17.0. The molecule has 2 aromatic rings. The van der Waals surface area contributed by atoms with Crippen molar-refractivity contribution in [3.63, 3.8) is 0 Å². The SMILES string of the molecule is CCCCCCN=CCCC1(C(N)=O)c2ccc(Br)cc2CSc2ccccc21. The van der Waals surface area contributed by atoms with Crippen molar-refractivity contribution in [3.8, 4) is 0 Å². The standard InChI is InChI=1S/C24H29BrN2OS/c1-2-3-4-7-14-27-15-8-13-24(23(26)28)20-12-11-19(25)16-18(20)17-29-22-10-6-5-9-21(22)24/h5-6,9-12,15-16H,2-4,7-8,13-14,17H2,1H3,(H2,26,28). The van der Waals surface area contributed by atoms with Crippen LogP contribution in [0.3, 0.4) is 0 Å². The number of unbranched alkanes of at least 4 members (excludes halogenated alkanes) is 3. The normalized spacial score (nSPS) is 18.3. The molecule has 29 heavy (non-hydrogen) atoms. The number of carbonyl (C=O) groups is 1. The van der Waals surface area contributed by atoms with E-state index in [-0.39, 0.29) is 5.91 Å². The summed E-state index contributed by atoms with van der Waals surface area (Å²) < 4.78 is 1.02.